The second-order valence-corrected chi connectivity index (χ2v) is 7.24. The third-order valence-electron chi connectivity index (χ3n) is 5.08. The van der Waals surface area contributed by atoms with Gasteiger partial charge in [0.25, 0.3) is 5.56 Å². The number of rotatable bonds is 10. The first-order valence-electron chi connectivity index (χ1n) is 10.5. The summed E-state index contributed by atoms with van der Waals surface area (Å²) in [7, 11) is 0. The maximum Gasteiger partial charge on any atom is 0.332 e. The summed E-state index contributed by atoms with van der Waals surface area (Å²) in [5.41, 5.74) is 0.318. The standard InChI is InChI=1S/C22H27N5O4/c1-3-5-11-26-20-19(25(10-4-2)18(15-28)24-20)21(29)27(22(26)30)12-13-31-17-8-6-16(14-23)7-9-17/h6-9,28H,3-5,10-13,15H2,1-2H3. The van der Waals surface area contributed by atoms with Crippen molar-refractivity contribution in [2.45, 2.75) is 59.4 Å². The average Bonchev–Trinajstić information content (AvgIpc) is 3.15. The molecule has 9 heteroatoms. The molecule has 0 radical (unpaired) electrons. The second-order valence-electron chi connectivity index (χ2n) is 7.24. The van der Waals surface area contributed by atoms with E-state index in [1.807, 2.05) is 19.9 Å². The molecule has 0 spiro atoms. The van der Waals surface area contributed by atoms with Crippen molar-refractivity contribution in [1.29, 1.82) is 5.26 Å². The third kappa shape index (κ3) is 4.54. The molecule has 0 unspecified atom stereocenters. The molecule has 0 saturated heterocycles. The van der Waals surface area contributed by atoms with Gasteiger partial charge in [-0.3, -0.25) is 13.9 Å². The number of aryl methyl sites for hydroxylation is 2. The van der Waals surface area contributed by atoms with Gasteiger partial charge in [0, 0.05) is 13.1 Å². The van der Waals surface area contributed by atoms with Crippen molar-refractivity contribution in [3.8, 4) is 11.8 Å². The van der Waals surface area contributed by atoms with Crippen molar-refractivity contribution in [3.05, 3.63) is 56.5 Å². The molecule has 0 amide bonds. The molecule has 3 aromatic rings. The molecule has 0 aliphatic rings. The fraction of sp³-hybridized carbons (Fsp3) is 0.455. The van der Waals surface area contributed by atoms with Crippen molar-refractivity contribution in [2.24, 2.45) is 0 Å². The summed E-state index contributed by atoms with van der Waals surface area (Å²) < 4.78 is 10.1. The summed E-state index contributed by atoms with van der Waals surface area (Å²) in [5, 5.41) is 18.6. The molecule has 0 fully saturated rings. The van der Waals surface area contributed by atoms with Gasteiger partial charge in [-0.05, 0) is 37.1 Å². The lowest BCUT2D eigenvalue weighted by atomic mass is 10.2. The lowest BCUT2D eigenvalue weighted by Crippen LogP contribution is -2.41. The van der Waals surface area contributed by atoms with E-state index in [4.69, 9.17) is 10.00 Å². The van der Waals surface area contributed by atoms with Crippen LogP contribution in [0.25, 0.3) is 11.2 Å². The van der Waals surface area contributed by atoms with Crippen LogP contribution in [0.5, 0.6) is 5.75 Å². The average molecular weight is 425 g/mol. The van der Waals surface area contributed by atoms with Gasteiger partial charge in [0.1, 0.15) is 24.8 Å². The number of unbranched alkanes of at least 4 members (excludes halogenated alkanes) is 1. The number of ether oxygens (including phenoxy) is 1. The zero-order valence-corrected chi connectivity index (χ0v) is 17.9. The molecule has 1 N–H and O–H groups in total. The summed E-state index contributed by atoms with van der Waals surface area (Å²) in [5.74, 6) is 0.934. The number of hydrogen-bond donors (Lipinski definition) is 1. The molecule has 3 rings (SSSR count). The van der Waals surface area contributed by atoms with E-state index in [0.29, 0.717) is 41.4 Å². The molecule has 2 heterocycles. The van der Waals surface area contributed by atoms with Crippen molar-refractivity contribution >= 4 is 11.2 Å². The maximum atomic E-state index is 13.2. The highest BCUT2D eigenvalue weighted by molar-refractivity contribution is 5.71. The normalized spacial score (nSPS) is 11.0. The van der Waals surface area contributed by atoms with Gasteiger partial charge in [-0.1, -0.05) is 20.3 Å². The summed E-state index contributed by atoms with van der Waals surface area (Å²) in [4.78, 5) is 30.8. The Kier molecular flexibility index (Phi) is 7.26. The fourth-order valence-corrected chi connectivity index (χ4v) is 3.52. The summed E-state index contributed by atoms with van der Waals surface area (Å²) in [6.45, 7) is 4.85. The summed E-state index contributed by atoms with van der Waals surface area (Å²) >= 11 is 0. The molecule has 164 valence electrons. The molecular formula is C22H27N5O4. The first kappa shape index (κ1) is 22.3. The number of nitriles is 1. The number of aromatic nitrogens is 4. The lowest BCUT2D eigenvalue weighted by Gasteiger charge is -2.13. The van der Waals surface area contributed by atoms with Crippen LogP contribution in [-0.4, -0.2) is 30.4 Å². The van der Waals surface area contributed by atoms with Gasteiger partial charge in [-0.15, -0.1) is 0 Å². The van der Waals surface area contributed by atoms with Crippen LogP contribution in [0.15, 0.2) is 33.9 Å². The Bertz CT molecular complexity index is 1200. The highest BCUT2D eigenvalue weighted by Gasteiger charge is 2.20. The van der Waals surface area contributed by atoms with E-state index in [2.05, 4.69) is 4.98 Å². The van der Waals surface area contributed by atoms with Gasteiger partial charge in [0.15, 0.2) is 11.2 Å². The van der Waals surface area contributed by atoms with Gasteiger partial charge in [0.05, 0.1) is 18.2 Å². The second kappa shape index (κ2) is 10.1. The van der Waals surface area contributed by atoms with Gasteiger partial charge >= 0.3 is 5.69 Å². The van der Waals surface area contributed by atoms with E-state index in [9.17, 15) is 14.7 Å². The highest BCUT2D eigenvalue weighted by atomic mass is 16.5. The number of aliphatic hydroxyl groups excluding tert-OH is 1. The minimum Gasteiger partial charge on any atom is -0.492 e. The van der Waals surface area contributed by atoms with Crippen molar-refractivity contribution in [2.75, 3.05) is 6.61 Å². The molecule has 9 nitrogen and oxygen atoms in total. The number of aliphatic hydroxyl groups is 1. The number of nitrogens with zero attached hydrogens (tertiary/aromatic N) is 5. The molecule has 1 aromatic carbocycles. The molecule has 31 heavy (non-hydrogen) atoms. The minimum absolute atomic E-state index is 0.0749. The zero-order valence-electron chi connectivity index (χ0n) is 17.9. The van der Waals surface area contributed by atoms with E-state index < -0.39 is 11.2 Å². The van der Waals surface area contributed by atoms with Crippen LogP contribution in [0.2, 0.25) is 0 Å². The van der Waals surface area contributed by atoms with Crippen molar-refractivity contribution < 1.29 is 9.84 Å². The predicted molar refractivity (Wildman–Crippen MR) is 116 cm³/mol. The number of imidazole rings is 1. The van der Waals surface area contributed by atoms with E-state index in [1.165, 1.54) is 9.13 Å². The molecule has 0 aliphatic carbocycles. The Morgan fingerprint density at radius 2 is 1.77 bits per heavy atom. The Labute approximate surface area is 179 Å². The van der Waals surface area contributed by atoms with Crippen molar-refractivity contribution in [3.63, 3.8) is 0 Å². The third-order valence-corrected chi connectivity index (χ3v) is 5.08. The summed E-state index contributed by atoms with van der Waals surface area (Å²) in [6, 6.07) is 8.68. The van der Waals surface area contributed by atoms with E-state index in [1.54, 1.807) is 28.8 Å². The molecule has 0 aliphatic heterocycles. The van der Waals surface area contributed by atoms with Crippen LogP contribution >= 0.6 is 0 Å². The fourth-order valence-electron chi connectivity index (χ4n) is 3.52. The van der Waals surface area contributed by atoms with Crippen LogP contribution in [0, 0.1) is 11.3 Å². The summed E-state index contributed by atoms with van der Waals surface area (Å²) in [6.07, 6.45) is 2.41. The first-order valence-corrected chi connectivity index (χ1v) is 10.5. The quantitative estimate of drug-likeness (QED) is 0.531. The Hall–Kier alpha value is -3.38. The molecular weight excluding hydrogens is 398 g/mol. The van der Waals surface area contributed by atoms with E-state index in [0.717, 1.165) is 19.3 Å². The number of hydrogen-bond acceptors (Lipinski definition) is 6. The van der Waals surface area contributed by atoms with Crippen LogP contribution < -0.4 is 16.0 Å². The predicted octanol–water partition coefficient (Wildman–Crippen LogP) is 2.01. The highest BCUT2D eigenvalue weighted by Crippen LogP contribution is 2.14. The van der Waals surface area contributed by atoms with Gasteiger partial charge in [-0.2, -0.15) is 5.26 Å². The van der Waals surface area contributed by atoms with Crippen LogP contribution in [0.4, 0.5) is 0 Å². The van der Waals surface area contributed by atoms with Crippen LogP contribution in [0.1, 0.15) is 44.5 Å². The van der Waals surface area contributed by atoms with Crippen LogP contribution in [0.3, 0.4) is 0 Å². The van der Waals surface area contributed by atoms with Crippen LogP contribution in [-0.2, 0) is 26.2 Å². The lowest BCUT2D eigenvalue weighted by molar-refractivity contribution is 0.265. The molecule has 0 saturated carbocycles. The Balaban J connectivity index is 2.00. The number of fused-ring (bicyclic) bond motifs is 1. The monoisotopic (exact) mass is 425 g/mol. The largest absolute Gasteiger partial charge is 0.492 e. The Morgan fingerprint density at radius 1 is 1.03 bits per heavy atom. The van der Waals surface area contributed by atoms with Gasteiger partial charge < -0.3 is 14.4 Å². The topological polar surface area (TPSA) is 115 Å². The smallest absolute Gasteiger partial charge is 0.332 e. The molecule has 0 atom stereocenters. The maximum absolute atomic E-state index is 13.2. The van der Waals surface area contributed by atoms with Gasteiger partial charge in [0.2, 0.25) is 0 Å². The number of benzene rings is 1. The zero-order chi connectivity index (χ0) is 22.4. The first-order chi connectivity index (χ1) is 15.0. The van der Waals surface area contributed by atoms with Crippen molar-refractivity contribution in [1.82, 2.24) is 18.7 Å². The SMILES string of the molecule is CCCCn1c(=O)n(CCOc2ccc(C#N)cc2)c(=O)c2c1nc(CO)n2CCC. The van der Waals surface area contributed by atoms with E-state index in [-0.39, 0.29) is 19.8 Å². The minimum atomic E-state index is -0.433. The van der Waals surface area contributed by atoms with E-state index >= 15 is 0 Å². The van der Waals surface area contributed by atoms with Gasteiger partial charge in [-0.25, -0.2) is 9.78 Å². The molecule has 0 bridgehead atoms. The Morgan fingerprint density at radius 3 is 2.39 bits per heavy atom. The molecule has 2 aromatic heterocycles.